The van der Waals surface area contributed by atoms with E-state index < -0.39 is 24.1 Å². The van der Waals surface area contributed by atoms with Gasteiger partial charge in [-0.3, -0.25) is 0 Å². The lowest BCUT2D eigenvalue weighted by Crippen LogP contribution is -2.38. The van der Waals surface area contributed by atoms with Crippen molar-refractivity contribution in [1.82, 2.24) is 0 Å². The molecule has 0 radical (unpaired) electrons. The lowest BCUT2D eigenvalue weighted by molar-refractivity contribution is -0.210. The van der Waals surface area contributed by atoms with Crippen LogP contribution in [0.4, 0.5) is 13.2 Å². The first-order valence-corrected chi connectivity index (χ1v) is 5.01. The number of hydrogen-bond acceptors (Lipinski definition) is 3. The topological polar surface area (TPSA) is 66.5 Å². The maximum Gasteiger partial charge on any atom is 0.416 e. The van der Waals surface area contributed by atoms with Gasteiger partial charge >= 0.3 is 6.18 Å². The smallest absolute Gasteiger partial charge is 0.416 e. The number of aliphatic hydroxyl groups excluding tert-OH is 1. The Balaban J connectivity index is 3.01. The Morgan fingerprint density at radius 3 is 2.31 bits per heavy atom. The molecular formula is C9H9BrF3NO2. The van der Waals surface area contributed by atoms with Gasteiger partial charge in [0.05, 0.1) is 6.04 Å². The first-order chi connectivity index (χ1) is 7.23. The van der Waals surface area contributed by atoms with Crippen molar-refractivity contribution >= 4 is 15.9 Å². The number of halogens is 4. The number of phenolic OH excluding ortho intramolecular Hbond substituents is 1. The Labute approximate surface area is 97.8 Å². The molecule has 0 aliphatic heterocycles. The molecule has 4 N–H and O–H groups in total. The van der Waals surface area contributed by atoms with E-state index >= 15 is 0 Å². The molecule has 0 fully saturated rings. The van der Waals surface area contributed by atoms with Crippen LogP contribution in [0.15, 0.2) is 22.7 Å². The second-order valence-electron chi connectivity index (χ2n) is 3.22. The largest absolute Gasteiger partial charge is 0.508 e. The molecule has 16 heavy (non-hydrogen) atoms. The molecule has 7 heteroatoms. The fourth-order valence-corrected chi connectivity index (χ4v) is 1.52. The normalized spacial score (nSPS) is 15.9. The van der Waals surface area contributed by atoms with Crippen molar-refractivity contribution in [3.63, 3.8) is 0 Å². The number of aliphatic hydroxyl groups is 1. The molecule has 0 amide bonds. The van der Waals surface area contributed by atoms with Gasteiger partial charge in [-0.1, -0.05) is 22.0 Å². The minimum Gasteiger partial charge on any atom is -0.508 e. The molecule has 1 aromatic carbocycles. The van der Waals surface area contributed by atoms with Crippen LogP contribution >= 0.6 is 15.9 Å². The lowest BCUT2D eigenvalue weighted by Gasteiger charge is -2.22. The summed E-state index contributed by atoms with van der Waals surface area (Å²) in [6.45, 7) is 0. The molecular weight excluding hydrogens is 291 g/mol. The van der Waals surface area contributed by atoms with Crippen molar-refractivity contribution in [2.24, 2.45) is 5.73 Å². The predicted octanol–water partition coefficient (Wildman–Crippen LogP) is 2.08. The second-order valence-corrected chi connectivity index (χ2v) is 4.13. The van der Waals surface area contributed by atoms with Crippen molar-refractivity contribution in [2.45, 2.75) is 18.3 Å². The first-order valence-electron chi connectivity index (χ1n) is 4.22. The summed E-state index contributed by atoms with van der Waals surface area (Å²) < 4.78 is 37.0. The van der Waals surface area contributed by atoms with Gasteiger partial charge in [0.2, 0.25) is 0 Å². The standard InChI is InChI=1S/C9H9BrF3NO2/c10-4-1-2-5(6(15)3-4)7(14)8(16)9(11,12)13/h1-3,7-8,15-16H,14H2/t7-,8-/m0/s1. The monoisotopic (exact) mass is 299 g/mol. The van der Waals surface area contributed by atoms with Crippen LogP contribution in [0.2, 0.25) is 0 Å². The van der Waals surface area contributed by atoms with Crippen LogP contribution in [0.1, 0.15) is 11.6 Å². The third-order valence-electron chi connectivity index (χ3n) is 2.03. The Kier molecular flexibility index (Phi) is 3.82. The zero-order chi connectivity index (χ0) is 12.5. The van der Waals surface area contributed by atoms with Crippen LogP contribution in [0, 0.1) is 0 Å². The van der Waals surface area contributed by atoms with Gasteiger partial charge < -0.3 is 15.9 Å². The SMILES string of the molecule is N[C@@H](c1ccc(Br)cc1O)[C@H](O)C(F)(F)F. The zero-order valence-electron chi connectivity index (χ0n) is 7.87. The van der Waals surface area contributed by atoms with Crippen LogP contribution in [0.25, 0.3) is 0 Å². The van der Waals surface area contributed by atoms with Gasteiger partial charge in [-0.2, -0.15) is 13.2 Å². The highest BCUT2D eigenvalue weighted by Gasteiger charge is 2.43. The van der Waals surface area contributed by atoms with Crippen LogP contribution in [0.3, 0.4) is 0 Å². The number of rotatable bonds is 2. The molecule has 1 rings (SSSR count). The molecule has 0 aliphatic rings. The summed E-state index contributed by atoms with van der Waals surface area (Å²) in [7, 11) is 0. The number of aromatic hydroxyl groups is 1. The molecule has 0 bridgehead atoms. The van der Waals surface area contributed by atoms with E-state index in [1.54, 1.807) is 0 Å². The predicted molar refractivity (Wildman–Crippen MR) is 54.8 cm³/mol. The number of phenols is 1. The summed E-state index contributed by atoms with van der Waals surface area (Å²) in [6, 6.07) is 2.14. The minimum absolute atomic E-state index is 0.159. The lowest BCUT2D eigenvalue weighted by atomic mass is 10.0. The van der Waals surface area contributed by atoms with Gasteiger partial charge in [0.15, 0.2) is 6.10 Å². The van der Waals surface area contributed by atoms with Crippen LogP contribution in [-0.4, -0.2) is 22.5 Å². The summed E-state index contributed by atoms with van der Waals surface area (Å²) in [5.41, 5.74) is 5.07. The molecule has 90 valence electrons. The molecule has 0 unspecified atom stereocenters. The molecule has 2 atom stereocenters. The minimum atomic E-state index is -4.82. The van der Waals surface area contributed by atoms with E-state index in [2.05, 4.69) is 15.9 Å². The van der Waals surface area contributed by atoms with Gasteiger partial charge in [0.1, 0.15) is 5.75 Å². The van der Waals surface area contributed by atoms with Gasteiger partial charge in [-0.25, -0.2) is 0 Å². The summed E-state index contributed by atoms with van der Waals surface area (Å²) in [5.74, 6) is -0.398. The maximum atomic E-state index is 12.2. The van der Waals surface area contributed by atoms with Gasteiger partial charge in [0, 0.05) is 10.0 Å². The molecule has 0 aliphatic carbocycles. The molecule has 1 aromatic rings. The molecule has 0 saturated carbocycles. The summed E-state index contributed by atoms with van der Waals surface area (Å²) in [6.07, 6.45) is -7.53. The average Bonchev–Trinajstić information content (AvgIpc) is 2.14. The third kappa shape index (κ3) is 2.87. The first kappa shape index (κ1) is 13.3. The molecule has 0 saturated heterocycles. The molecule has 3 nitrogen and oxygen atoms in total. The zero-order valence-corrected chi connectivity index (χ0v) is 9.46. The quantitative estimate of drug-likeness (QED) is 0.783. The summed E-state index contributed by atoms with van der Waals surface area (Å²) >= 11 is 3.04. The van der Waals surface area contributed by atoms with E-state index in [9.17, 15) is 18.3 Å². The summed E-state index contributed by atoms with van der Waals surface area (Å²) in [4.78, 5) is 0. The third-order valence-corrected chi connectivity index (χ3v) is 2.52. The van der Waals surface area contributed by atoms with Crippen molar-refractivity contribution < 1.29 is 23.4 Å². The van der Waals surface area contributed by atoms with Gasteiger partial charge in [0.25, 0.3) is 0 Å². The molecule has 0 spiro atoms. The number of benzene rings is 1. The van der Waals surface area contributed by atoms with E-state index in [-0.39, 0.29) is 5.56 Å². The van der Waals surface area contributed by atoms with E-state index in [4.69, 9.17) is 10.8 Å². The van der Waals surface area contributed by atoms with Crippen LogP contribution < -0.4 is 5.73 Å². The average molecular weight is 300 g/mol. The second kappa shape index (κ2) is 4.60. The molecule has 0 aromatic heterocycles. The number of nitrogens with two attached hydrogens (primary N) is 1. The molecule has 0 heterocycles. The maximum absolute atomic E-state index is 12.2. The van der Waals surface area contributed by atoms with E-state index in [0.29, 0.717) is 4.47 Å². The van der Waals surface area contributed by atoms with Crippen LogP contribution in [-0.2, 0) is 0 Å². The van der Waals surface area contributed by atoms with Crippen molar-refractivity contribution in [1.29, 1.82) is 0 Å². The Bertz CT molecular complexity index is 384. The van der Waals surface area contributed by atoms with E-state index in [1.807, 2.05) is 0 Å². The Morgan fingerprint density at radius 2 is 1.88 bits per heavy atom. The van der Waals surface area contributed by atoms with Gasteiger partial charge in [-0.15, -0.1) is 0 Å². The van der Waals surface area contributed by atoms with Crippen molar-refractivity contribution in [3.8, 4) is 5.75 Å². The van der Waals surface area contributed by atoms with Crippen LogP contribution in [0.5, 0.6) is 5.75 Å². The highest BCUT2D eigenvalue weighted by Crippen LogP contribution is 2.33. The highest BCUT2D eigenvalue weighted by molar-refractivity contribution is 9.10. The van der Waals surface area contributed by atoms with Crippen molar-refractivity contribution in [3.05, 3.63) is 28.2 Å². The Hall–Kier alpha value is -0.790. The number of hydrogen-bond donors (Lipinski definition) is 3. The Morgan fingerprint density at radius 1 is 1.31 bits per heavy atom. The highest BCUT2D eigenvalue weighted by atomic mass is 79.9. The fourth-order valence-electron chi connectivity index (χ4n) is 1.17. The van der Waals surface area contributed by atoms with Crippen molar-refractivity contribution in [2.75, 3.05) is 0 Å². The fraction of sp³-hybridized carbons (Fsp3) is 0.333. The number of alkyl halides is 3. The van der Waals surface area contributed by atoms with Gasteiger partial charge in [-0.05, 0) is 12.1 Å². The summed E-state index contributed by atoms with van der Waals surface area (Å²) in [5, 5.41) is 18.3. The van der Waals surface area contributed by atoms with E-state index in [0.717, 1.165) is 0 Å². The van der Waals surface area contributed by atoms with E-state index in [1.165, 1.54) is 18.2 Å².